The number of carbonyl (C=O) groups excluding carboxylic acids is 1. The van der Waals surface area contributed by atoms with E-state index >= 15 is 0 Å². The Kier molecular flexibility index (Phi) is 6.19. The van der Waals surface area contributed by atoms with Gasteiger partial charge in [0.1, 0.15) is 16.7 Å². The number of hydrogen-bond donors (Lipinski definition) is 1. The number of benzene rings is 2. The average Bonchev–Trinajstić information content (AvgIpc) is 2.68. The lowest BCUT2D eigenvalue weighted by molar-refractivity contribution is -0.274. The zero-order valence-corrected chi connectivity index (χ0v) is 16.0. The van der Waals surface area contributed by atoms with Crippen molar-refractivity contribution in [2.45, 2.75) is 11.3 Å². The molecule has 1 heterocycles. The van der Waals surface area contributed by atoms with Gasteiger partial charge < -0.3 is 9.46 Å². The summed E-state index contributed by atoms with van der Waals surface area (Å²) in [6, 6.07) is 12.2. The Morgan fingerprint density at radius 1 is 1.10 bits per heavy atom. The number of nitrogens with one attached hydrogen (secondary N) is 1. The number of ether oxygens (including phenoxy) is 1. The standard InChI is InChI=1S/C19H12ClF3N2O3S/c20-13-3-8-17(16(10-13)18(26)12-2-1-9-24-11-12)25-29(27)15-6-4-14(5-7-15)28-19(21,22)23/h1-11,25H. The molecule has 0 aliphatic carbocycles. The van der Waals surface area contributed by atoms with Crippen molar-refractivity contribution in [3.05, 3.63) is 83.1 Å². The highest BCUT2D eigenvalue weighted by atomic mass is 35.5. The maximum Gasteiger partial charge on any atom is 0.573 e. The van der Waals surface area contributed by atoms with Crippen molar-refractivity contribution >= 4 is 34.1 Å². The van der Waals surface area contributed by atoms with Crippen LogP contribution in [0.4, 0.5) is 18.9 Å². The van der Waals surface area contributed by atoms with E-state index in [1.54, 1.807) is 12.1 Å². The number of rotatable bonds is 6. The molecule has 1 atom stereocenters. The van der Waals surface area contributed by atoms with Gasteiger partial charge in [0.2, 0.25) is 0 Å². The number of hydrogen-bond acceptors (Lipinski definition) is 4. The van der Waals surface area contributed by atoms with Gasteiger partial charge in [-0.15, -0.1) is 13.2 Å². The summed E-state index contributed by atoms with van der Waals surface area (Å²) in [5.41, 5.74) is 0.741. The topological polar surface area (TPSA) is 68.3 Å². The number of halogens is 4. The van der Waals surface area contributed by atoms with Gasteiger partial charge in [-0.05, 0) is 54.6 Å². The van der Waals surface area contributed by atoms with E-state index in [-0.39, 0.29) is 21.9 Å². The number of nitrogens with zero attached hydrogens (tertiary/aromatic N) is 1. The summed E-state index contributed by atoms with van der Waals surface area (Å²) in [7, 11) is -1.85. The predicted molar refractivity (Wildman–Crippen MR) is 102 cm³/mol. The number of ketones is 1. The number of pyridine rings is 1. The summed E-state index contributed by atoms with van der Waals surface area (Å²) in [6.07, 6.45) is -1.90. The monoisotopic (exact) mass is 440 g/mol. The van der Waals surface area contributed by atoms with Gasteiger partial charge in [0.05, 0.1) is 10.6 Å². The molecule has 0 aliphatic heterocycles. The molecule has 1 unspecified atom stereocenters. The quantitative estimate of drug-likeness (QED) is 0.548. The van der Waals surface area contributed by atoms with Gasteiger partial charge in [-0.3, -0.25) is 9.78 Å². The molecule has 150 valence electrons. The fourth-order valence-corrected chi connectivity index (χ4v) is 3.42. The van der Waals surface area contributed by atoms with E-state index in [4.69, 9.17) is 11.6 Å². The SMILES string of the molecule is O=C(c1cccnc1)c1cc(Cl)ccc1NS(=O)c1ccc(OC(F)(F)F)cc1. The minimum atomic E-state index is -4.82. The zero-order chi connectivity index (χ0) is 21.0. The van der Waals surface area contributed by atoms with Crippen LogP contribution in [0, 0.1) is 0 Å². The molecule has 10 heteroatoms. The Balaban J connectivity index is 1.83. The van der Waals surface area contributed by atoms with Crippen molar-refractivity contribution in [2.24, 2.45) is 0 Å². The third-order valence-electron chi connectivity index (χ3n) is 3.62. The van der Waals surface area contributed by atoms with Crippen LogP contribution in [0.2, 0.25) is 5.02 Å². The maximum atomic E-state index is 12.8. The molecule has 0 bridgehead atoms. The molecular weight excluding hydrogens is 429 g/mol. The Labute approximate surface area is 171 Å². The lowest BCUT2D eigenvalue weighted by Crippen LogP contribution is -2.17. The second-order valence-electron chi connectivity index (χ2n) is 5.65. The molecule has 29 heavy (non-hydrogen) atoms. The summed E-state index contributed by atoms with van der Waals surface area (Å²) in [5, 5.41) is 0.308. The second-order valence-corrected chi connectivity index (χ2v) is 7.30. The second kappa shape index (κ2) is 8.62. The van der Waals surface area contributed by atoms with Crippen LogP contribution >= 0.6 is 11.6 Å². The predicted octanol–water partition coefficient (Wildman–Crippen LogP) is 5.00. The van der Waals surface area contributed by atoms with Gasteiger partial charge >= 0.3 is 6.36 Å². The third-order valence-corrected chi connectivity index (χ3v) is 4.96. The third kappa shape index (κ3) is 5.55. The minimum Gasteiger partial charge on any atom is -0.406 e. The van der Waals surface area contributed by atoms with Crippen LogP contribution < -0.4 is 9.46 Å². The normalized spacial score (nSPS) is 12.3. The van der Waals surface area contributed by atoms with Crippen molar-refractivity contribution in [3.8, 4) is 5.75 Å². The first-order valence-corrected chi connectivity index (χ1v) is 9.54. The van der Waals surface area contributed by atoms with E-state index < -0.39 is 23.1 Å². The van der Waals surface area contributed by atoms with Crippen molar-refractivity contribution in [3.63, 3.8) is 0 Å². The summed E-state index contributed by atoms with van der Waals surface area (Å²) in [4.78, 5) is 16.8. The van der Waals surface area contributed by atoms with E-state index in [1.807, 2.05) is 0 Å². The van der Waals surface area contributed by atoms with Crippen molar-refractivity contribution in [2.75, 3.05) is 4.72 Å². The molecule has 3 aromatic rings. The van der Waals surface area contributed by atoms with Gasteiger partial charge in [0, 0.05) is 28.5 Å². The largest absolute Gasteiger partial charge is 0.573 e. The number of aromatic nitrogens is 1. The molecule has 1 N–H and O–H groups in total. The summed E-state index contributed by atoms with van der Waals surface area (Å²) >= 11 is 5.99. The highest BCUT2D eigenvalue weighted by Crippen LogP contribution is 2.27. The lowest BCUT2D eigenvalue weighted by Gasteiger charge is -2.12. The van der Waals surface area contributed by atoms with Crippen LogP contribution in [0.5, 0.6) is 5.75 Å². The van der Waals surface area contributed by atoms with Crippen LogP contribution in [-0.4, -0.2) is 21.3 Å². The number of alkyl halides is 3. The average molecular weight is 441 g/mol. The molecule has 2 aromatic carbocycles. The Bertz CT molecular complexity index is 1040. The first kappa shape index (κ1) is 20.8. The Hall–Kier alpha value is -2.91. The molecule has 0 aliphatic rings. The molecule has 0 saturated heterocycles. The summed E-state index contributed by atoms with van der Waals surface area (Å²) in [6.45, 7) is 0. The molecule has 0 amide bonds. The van der Waals surface area contributed by atoms with Crippen LogP contribution in [0.15, 0.2) is 71.9 Å². The van der Waals surface area contributed by atoms with Crippen LogP contribution in [0.25, 0.3) is 0 Å². The molecule has 0 spiro atoms. The van der Waals surface area contributed by atoms with E-state index in [0.717, 1.165) is 12.1 Å². The molecular formula is C19H12ClF3N2O3S. The van der Waals surface area contributed by atoms with Crippen molar-refractivity contribution < 1.29 is 26.9 Å². The van der Waals surface area contributed by atoms with Gasteiger partial charge in [-0.1, -0.05) is 11.6 Å². The van der Waals surface area contributed by atoms with Gasteiger partial charge in [-0.2, -0.15) is 0 Å². The smallest absolute Gasteiger partial charge is 0.406 e. The molecule has 0 saturated carbocycles. The number of carbonyl (C=O) groups is 1. The Morgan fingerprint density at radius 3 is 2.45 bits per heavy atom. The summed E-state index contributed by atoms with van der Waals surface area (Å²) in [5.74, 6) is -0.814. The molecule has 3 rings (SSSR count). The van der Waals surface area contributed by atoms with Crippen LogP contribution in [0.3, 0.4) is 0 Å². The fourth-order valence-electron chi connectivity index (χ4n) is 2.37. The Morgan fingerprint density at radius 2 is 1.83 bits per heavy atom. The van der Waals surface area contributed by atoms with Gasteiger partial charge in [0.15, 0.2) is 5.78 Å². The highest BCUT2D eigenvalue weighted by molar-refractivity contribution is 7.86. The van der Waals surface area contributed by atoms with Gasteiger partial charge in [-0.25, -0.2) is 4.21 Å². The van der Waals surface area contributed by atoms with E-state index in [0.29, 0.717) is 10.6 Å². The maximum absolute atomic E-state index is 12.8. The van der Waals surface area contributed by atoms with Crippen molar-refractivity contribution in [1.29, 1.82) is 0 Å². The number of anilines is 1. The summed E-state index contributed by atoms with van der Waals surface area (Å²) < 4.78 is 55.8. The van der Waals surface area contributed by atoms with Crippen LogP contribution in [0.1, 0.15) is 15.9 Å². The van der Waals surface area contributed by atoms with E-state index in [9.17, 15) is 22.2 Å². The zero-order valence-electron chi connectivity index (χ0n) is 14.4. The molecule has 5 nitrogen and oxygen atoms in total. The minimum absolute atomic E-state index is 0.177. The van der Waals surface area contributed by atoms with Gasteiger partial charge in [0.25, 0.3) is 0 Å². The first-order valence-electron chi connectivity index (χ1n) is 8.01. The fraction of sp³-hybridized carbons (Fsp3) is 0.0526. The molecule has 1 aromatic heterocycles. The lowest BCUT2D eigenvalue weighted by atomic mass is 10.0. The van der Waals surface area contributed by atoms with Crippen molar-refractivity contribution in [1.82, 2.24) is 4.98 Å². The van der Waals surface area contributed by atoms with E-state index in [1.165, 1.54) is 42.7 Å². The highest BCUT2D eigenvalue weighted by Gasteiger charge is 2.31. The molecule has 0 fully saturated rings. The first-order chi connectivity index (χ1) is 13.7. The van der Waals surface area contributed by atoms with E-state index in [2.05, 4.69) is 14.4 Å². The molecule has 0 radical (unpaired) electrons. The van der Waals surface area contributed by atoms with Crippen LogP contribution in [-0.2, 0) is 11.0 Å².